The Bertz CT molecular complexity index is 558. The number of nitrogens with one attached hydrogen (secondary N) is 1. The van der Waals surface area contributed by atoms with E-state index in [1.54, 1.807) is 30.6 Å². The molecular weight excluding hydrogens is 224 g/mol. The van der Waals surface area contributed by atoms with Crippen LogP contribution >= 0.6 is 0 Å². The first-order valence-electron chi connectivity index (χ1n) is 5.72. The maximum atomic E-state index is 8.83. The summed E-state index contributed by atoms with van der Waals surface area (Å²) in [5.41, 5.74) is 9.13. The minimum atomic E-state index is 0.607. The summed E-state index contributed by atoms with van der Waals surface area (Å²) in [4.78, 5) is 3.97. The molecule has 4 heteroatoms. The van der Waals surface area contributed by atoms with E-state index >= 15 is 0 Å². The molecule has 1 aromatic heterocycles. The van der Waals surface area contributed by atoms with E-state index in [0.29, 0.717) is 11.3 Å². The molecule has 1 heterocycles. The number of nitrogens with two attached hydrogens (primary N) is 1. The molecule has 0 amide bonds. The van der Waals surface area contributed by atoms with E-state index < -0.39 is 0 Å². The Kier molecular flexibility index (Phi) is 3.77. The lowest BCUT2D eigenvalue weighted by molar-refractivity contribution is 1.01. The number of rotatable bonds is 4. The second-order valence-corrected chi connectivity index (χ2v) is 3.95. The third kappa shape index (κ3) is 2.98. The van der Waals surface area contributed by atoms with Gasteiger partial charge in [-0.2, -0.15) is 5.26 Å². The van der Waals surface area contributed by atoms with E-state index in [9.17, 15) is 0 Å². The van der Waals surface area contributed by atoms with Crippen molar-refractivity contribution in [1.82, 2.24) is 4.98 Å². The first-order valence-corrected chi connectivity index (χ1v) is 5.72. The Morgan fingerprint density at radius 3 is 2.72 bits per heavy atom. The monoisotopic (exact) mass is 238 g/mol. The number of nitrogen functional groups attached to an aromatic ring is 1. The summed E-state index contributed by atoms with van der Waals surface area (Å²) in [5.74, 6) is 0. The molecule has 0 spiro atoms. The SMILES string of the molecule is N#Cc1ccc(N)c(NCCc2ccncc2)c1. The Morgan fingerprint density at radius 2 is 2.00 bits per heavy atom. The largest absolute Gasteiger partial charge is 0.397 e. The summed E-state index contributed by atoms with van der Waals surface area (Å²) in [7, 11) is 0. The van der Waals surface area contributed by atoms with Gasteiger partial charge in [-0.3, -0.25) is 4.98 Å². The molecule has 0 aliphatic rings. The van der Waals surface area contributed by atoms with E-state index in [4.69, 9.17) is 11.0 Å². The van der Waals surface area contributed by atoms with E-state index in [1.165, 1.54) is 5.56 Å². The van der Waals surface area contributed by atoms with Crippen molar-refractivity contribution in [3.63, 3.8) is 0 Å². The average molecular weight is 238 g/mol. The maximum absolute atomic E-state index is 8.83. The number of nitriles is 1. The van der Waals surface area contributed by atoms with Crippen LogP contribution in [0.15, 0.2) is 42.7 Å². The van der Waals surface area contributed by atoms with Gasteiger partial charge in [0, 0.05) is 18.9 Å². The standard InChI is InChI=1S/C14H14N4/c15-10-12-1-2-13(16)14(9-12)18-8-5-11-3-6-17-7-4-11/h1-4,6-7,9,18H,5,8,16H2. The summed E-state index contributed by atoms with van der Waals surface area (Å²) in [6.45, 7) is 0.767. The molecule has 0 saturated carbocycles. The van der Waals surface area contributed by atoms with Gasteiger partial charge in [-0.1, -0.05) is 0 Å². The third-order valence-corrected chi connectivity index (χ3v) is 2.66. The number of pyridine rings is 1. The first kappa shape index (κ1) is 11.9. The summed E-state index contributed by atoms with van der Waals surface area (Å²) in [6.07, 6.45) is 4.44. The van der Waals surface area contributed by atoms with Gasteiger partial charge in [-0.05, 0) is 42.3 Å². The van der Waals surface area contributed by atoms with Crippen LogP contribution in [0.2, 0.25) is 0 Å². The second kappa shape index (κ2) is 5.69. The number of benzene rings is 1. The number of nitrogens with zero attached hydrogens (tertiary/aromatic N) is 2. The molecule has 0 radical (unpaired) electrons. The van der Waals surface area contributed by atoms with E-state index in [2.05, 4.69) is 16.4 Å². The Balaban J connectivity index is 1.96. The molecule has 0 bridgehead atoms. The zero-order valence-corrected chi connectivity index (χ0v) is 9.93. The van der Waals surface area contributed by atoms with Crippen LogP contribution in [0, 0.1) is 11.3 Å². The van der Waals surface area contributed by atoms with Crippen LogP contribution in [0.3, 0.4) is 0 Å². The predicted molar refractivity (Wildman–Crippen MR) is 72.0 cm³/mol. The fourth-order valence-corrected chi connectivity index (χ4v) is 1.67. The maximum Gasteiger partial charge on any atom is 0.0992 e. The van der Waals surface area contributed by atoms with Gasteiger partial charge in [0.05, 0.1) is 23.0 Å². The number of anilines is 2. The molecule has 0 fully saturated rings. The predicted octanol–water partition coefficient (Wildman–Crippen LogP) is 2.19. The highest BCUT2D eigenvalue weighted by atomic mass is 14.9. The van der Waals surface area contributed by atoms with Crippen LogP contribution in [0.4, 0.5) is 11.4 Å². The Morgan fingerprint density at radius 1 is 1.22 bits per heavy atom. The summed E-state index contributed by atoms with van der Waals surface area (Å²) >= 11 is 0. The molecular formula is C14H14N4. The van der Waals surface area contributed by atoms with Gasteiger partial charge < -0.3 is 11.1 Å². The Labute approximate surface area is 106 Å². The minimum Gasteiger partial charge on any atom is -0.397 e. The van der Waals surface area contributed by atoms with Crippen molar-refractivity contribution in [2.75, 3.05) is 17.6 Å². The van der Waals surface area contributed by atoms with Crippen LogP contribution in [0.1, 0.15) is 11.1 Å². The lowest BCUT2D eigenvalue weighted by Gasteiger charge is -2.09. The number of aromatic nitrogens is 1. The fraction of sp³-hybridized carbons (Fsp3) is 0.143. The number of hydrogen-bond donors (Lipinski definition) is 2. The van der Waals surface area contributed by atoms with Crippen molar-refractivity contribution in [2.45, 2.75) is 6.42 Å². The second-order valence-electron chi connectivity index (χ2n) is 3.95. The zero-order valence-electron chi connectivity index (χ0n) is 9.93. The Hall–Kier alpha value is -2.54. The summed E-state index contributed by atoms with van der Waals surface area (Å²) in [6, 6.07) is 11.3. The van der Waals surface area contributed by atoms with Crippen LogP contribution in [-0.4, -0.2) is 11.5 Å². The van der Waals surface area contributed by atoms with Gasteiger partial charge >= 0.3 is 0 Å². The molecule has 18 heavy (non-hydrogen) atoms. The summed E-state index contributed by atoms with van der Waals surface area (Å²) in [5, 5.41) is 12.1. The van der Waals surface area contributed by atoms with Gasteiger partial charge in [0.1, 0.15) is 0 Å². The normalized spacial score (nSPS) is 9.72. The molecule has 0 atom stereocenters. The fourth-order valence-electron chi connectivity index (χ4n) is 1.67. The van der Waals surface area contributed by atoms with Crippen molar-refractivity contribution >= 4 is 11.4 Å². The van der Waals surface area contributed by atoms with E-state index in [-0.39, 0.29) is 0 Å². The van der Waals surface area contributed by atoms with Gasteiger partial charge in [0.25, 0.3) is 0 Å². The van der Waals surface area contributed by atoms with E-state index in [1.807, 2.05) is 12.1 Å². The molecule has 2 aromatic rings. The highest BCUT2D eigenvalue weighted by Crippen LogP contribution is 2.19. The first-order chi connectivity index (χ1) is 8.79. The highest BCUT2D eigenvalue weighted by Gasteiger charge is 2.00. The molecule has 2 rings (SSSR count). The van der Waals surface area contributed by atoms with Crippen LogP contribution in [0.25, 0.3) is 0 Å². The van der Waals surface area contributed by atoms with Crippen molar-refractivity contribution in [1.29, 1.82) is 5.26 Å². The molecule has 90 valence electrons. The molecule has 4 nitrogen and oxygen atoms in total. The zero-order chi connectivity index (χ0) is 12.8. The molecule has 0 aliphatic carbocycles. The molecule has 0 aliphatic heterocycles. The van der Waals surface area contributed by atoms with Gasteiger partial charge in [0.15, 0.2) is 0 Å². The van der Waals surface area contributed by atoms with Crippen molar-refractivity contribution in [3.8, 4) is 6.07 Å². The van der Waals surface area contributed by atoms with Crippen LogP contribution in [-0.2, 0) is 6.42 Å². The minimum absolute atomic E-state index is 0.607. The molecule has 3 N–H and O–H groups in total. The summed E-state index contributed by atoms with van der Waals surface area (Å²) < 4.78 is 0. The van der Waals surface area contributed by atoms with Crippen molar-refractivity contribution < 1.29 is 0 Å². The molecule has 0 saturated heterocycles. The quantitative estimate of drug-likeness (QED) is 0.801. The number of hydrogen-bond acceptors (Lipinski definition) is 4. The van der Waals surface area contributed by atoms with Crippen molar-refractivity contribution in [3.05, 3.63) is 53.9 Å². The van der Waals surface area contributed by atoms with E-state index in [0.717, 1.165) is 18.7 Å². The smallest absolute Gasteiger partial charge is 0.0992 e. The van der Waals surface area contributed by atoms with Crippen molar-refractivity contribution in [2.24, 2.45) is 0 Å². The topological polar surface area (TPSA) is 74.7 Å². The lowest BCUT2D eigenvalue weighted by Crippen LogP contribution is -2.07. The van der Waals surface area contributed by atoms with Crippen LogP contribution in [0.5, 0.6) is 0 Å². The van der Waals surface area contributed by atoms with Gasteiger partial charge in [-0.15, -0.1) is 0 Å². The average Bonchev–Trinajstić information content (AvgIpc) is 2.42. The van der Waals surface area contributed by atoms with Gasteiger partial charge in [-0.25, -0.2) is 0 Å². The highest BCUT2D eigenvalue weighted by molar-refractivity contribution is 5.68. The molecule has 0 unspecified atom stereocenters. The lowest BCUT2D eigenvalue weighted by atomic mass is 10.1. The third-order valence-electron chi connectivity index (χ3n) is 2.66. The van der Waals surface area contributed by atoms with Gasteiger partial charge in [0.2, 0.25) is 0 Å². The van der Waals surface area contributed by atoms with Crippen LogP contribution < -0.4 is 11.1 Å². The molecule has 1 aromatic carbocycles.